The van der Waals surface area contributed by atoms with Crippen LogP contribution in [0.2, 0.25) is 5.02 Å². The van der Waals surface area contributed by atoms with Gasteiger partial charge in [-0.25, -0.2) is 14.2 Å². The minimum Gasteiger partial charge on any atom is -0.310 e. The number of fused-ring (bicyclic) bond motifs is 2. The number of aromatic nitrogens is 3. The van der Waals surface area contributed by atoms with Crippen molar-refractivity contribution in [2.24, 2.45) is 0 Å². The van der Waals surface area contributed by atoms with Gasteiger partial charge in [-0.05, 0) is 35.7 Å². The second kappa shape index (κ2) is 6.35. The van der Waals surface area contributed by atoms with Crippen molar-refractivity contribution in [1.29, 1.82) is 0 Å². The van der Waals surface area contributed by atoms with Gasteiger partial charge in [0.1, 0.15) is 0 Å². The summed E-state index contributed by atoms with van der Waals surface area (Å²) in [6.07, 6.45) is 0. The Morgan fingerprint density at radius 1 is 0.857 bits per heavy atom. The fourth-order valence-corrected chi connectivity index (χ4v) is 3.79. The zero-order valence-electron chi connectivity index (χ0n) is 14.7. The molecule has 7 heteroatoms. The van der Waals surface area contributed by atoms with Gasteiger partial charge in [0.05, 0.1) is 5.69 Å². The lowest BCUT2D eigenvalue weighted by molar-refractivity contribution is 0.674. The molecule has 0 N–H and O–H groups in total. The van der Waals surface area contributed by atoms with Crippen LogP contribution in [0.1, 0.15) is 0 Å². The first kappa shape index (κ1) is 16.8. The Labute approximate surface area is 164 Å². The minimum absolute atomic E-state index is 0.355. The molecule has 0 aliphatic carbocycles. The van der Waals surface area contributed by atoms with Crippen molar-refractivity contribution in [3.8, 4) is 5.69 Å². The van der Waals surface area contributed by atoms with Crippen LogP contribution in [0.15, 0.2) is 76.3 Å². The molecule has 0 radical (unpaired) electrons. The average molecular weight is 391 g/mol. The van der Waals surface area contributed by atoms with E-state index in [2.05, 4.69) is 4.98 Å². The maximum atomic E-state index is 13.2. The first-order valence-corrected chi connectivity index (χ1v) is 9.26. The van der Waals surface area contributed by atoms with Crippen molar-refractivity contribution in [3.05, 3.63) is 92.7 Å². The zero-order chi connectivity index (χ0) is 19.3. The van der Waals surface area contributed by atoms with Crippen LogP contribution in [0, 0.1) is 0 Å². The molecular formula is C21H15ClN4O2. The van der Waals surface area contributed by atoms with Crippen molar-refractivity contribution < 1.29 is 0 Å². The number of hydrogen-bond donors (Lipinski definition) is 0. The van der Waals surface area contributed by atoms with E-state index in [0.717, 1.165) is 21.0 Å². The average Bonchev–Trinajstić information content (AvgIpc) is 3.13. The van der Waals surface area contributed by atoms with Gasteiger partial charge in [-0.3, -0.25) is 4.57 Å². The Bertz CT molecular complexity index is 1320. The molecule has 2 heterocycles. The number of hydrogen-bond acceptors (Lipinski definition) is 4. The highest BCUT2D eigenvalue weighted by Crippen LogP contribution is 2.27. The Balaban J connectivity index is 1.71. The molecule has 1 aliphatic rings. The van der Waals surface area contributed by atoms with Gasteiger partial charge in [0.2, 0.25) is 5.95 Å². The zero-order valence-corrected chi connectivity index (χ0v) is 15.5. The SMILES string of the molecule is O=c1nc2n(c(=O)n1-c1cccc3ccccc13)CCN2c1ccc(Cl)cc1. The van der Waals surface area contributed by atoms with E-state index in [9.17, 15) is 9.59 Å². The van der Waals surface area contributed by atoms with E-state index in [1.165, 1.54) is 4.57 Å². The van der Waals surface area contributed by atoms with Crippen molar-refractivity contribution >= 4 is 34.0 Å². The number of rotatable bonds is 2. The summed E-state index contributed by atoms with van der Waals surface area (Å²) < 4.78 is 2.69. The molecule has 0 unspecified atom stereocenters. The van der Waals surface area contributed by atoms with Gasteiger partial charge in [0, 0.05) is 29.2 Å². The first-order valence-electron chi connectivity index (χ1n) is 8.88. The fourth-order valence-electron chi connectivity index (χ4n) is 3.66. The number of nitrogens with zero attached hydrogens (tertiary/aromatic N) is 4. The van der Waals surface area contributed by atoms with Gasteiger partial charge in [0.25, 0.3) is 0 Å². The summed E-state index contributed by atoms with van der Waals surface area (Å²) in [6.45, 7) is 1.01. The number of anilines is 2. The summed E-state index contributed by atoms with van der Waals surface area (Å²) in [5.74, 6) is 0.355. The lowest BCUT2D eigenvalue weighted by Crippen LogP contribution is -2.40. The normalized spacial score (nSPS) is 13.1. The van der Waals surface area contributed by atoms with Gasteiger partial charge < -0.3 is 4.90 Å². The van der Waals surface area contributed by atoms with Gasteiger partial charge in [-0.2, -0.15) is 4.98 Å². The van der Waals surface area contributed by atoms with Crippen LogP contribution >= 0.6 is 11.6 Å². The van der Waals surface area contributed by atoms with Crippen LogP contribution in [0.5, 0.6) is 0 Å². The van der Waals surface area contributed by atoms with E-state index in [1.807, 2.05) is 53.4 Å². The summed E-state index contributed by atoms with van der Waals surface area (Å²) in [7, 11) is 0. The van der Waals surface area contributed by atoms with E-state index in [4.69, 9.17) is 11.6 Å². The highest BCUT2D eigenvalue weighted by molar-refractivity contribution is 6.30. The Kier molecular flexibility index (Phi) is 3.80. The van der Waals surface area contributed by atoms with Crippen molar-refractivity contribution in [2.75, 3.05) is 11.4 Å². The molecule has 1 aliphatic heterocycles. The van der Waals surface area contributed by atoms with Crippen LogP contribution in [0.4, 0.5) is 11.6 Å². The molecular weight excluding hydrogens is 376 g/mol. The van der Waals surface area contributed by atoms with E-state index in [1.54, 1.807) is 18.2 Å². The third-order valence-electron chi connectivity index (χ3n) is 4.99. The van der Waals surface area contributed by atoms with Crippen LogP contribution in [-0.2, 0) is 6.54 Å². The molecule has 0 fully saturated rings. The van der Waals surface area contributed by atoms with E-state index in [-0.39, 0.29) is 5.69 Å². The lowest BCUT2D eigenvalue weighted by atomic mass is 10.1. The highest BCUT2D eigenvalue weighted by atomic mass is 35.5. The molecule has 0 spiro atoms. The van der Waals surface area contributed by atoms with E-state index < -0.39 is 5.69 Å². The van der Waals surface area contributed by atoms with Crippen molar-refractivity contribution in [2.45, 2.75) is 6.54 Å². The predicted octanol–water partition coefficient (Wildman–Crippen LogP) is 3.35. The maximum Gasteiger partial charge on any atom is 0.359 e. The topological polar surface area (TPSA) is 60.1 Å². The molecule has 1 aromatic heterocycles. The van der Waals surface area contributed by atoms with Gasteiger partial charge >= 0.3 is 11.4 Å². The van der Waals surface area contributed by atoms with Crippen molar-refractivity contribution in [3.63, 3.8) is 0 Å². The first-order chi connectivity index (χ1) is 13.6. The fraction of sp³-hybridized carbons (Fsp3) is 0.0952. The molecule has 0 amide bonds. The van der Waals surface area contributed by atoms with Gasteiger partial charge in [-0.1, -0.05) is 48.0 Å². The minimum atomic E-state index is -0.589. The molecule has 28 heavy (non-hydrogen) atoms. The third kappa shape index (κ3) is 2.53. The maximum absolute atomic E-state index is 13.2. The molecule has 6 nitrogen and oxygen atoms in total. The Hall–Kier alpha value is -3.38. The predicted molar refractivity (Wildman–Crippen MR) is 110 cm³/mol. The Morgan fingerprint density at radius 2 is 1.61 bits per heavy atom. The monoisotopic (exact) mass is 390 g/mol. The van der Waals surface area contributed by atoms with Crippen LogP contribution in [0.3, 0.4) is 0 Å². The largest absolute Gasteiger partial charge is 0.359 e. The summed E-state index contributed by atoms with van der Waals surface area (Å²) in [4.78, 5) is 32.2. The molecule has 138 valence electrons. The van der Waals surface area contributed by atoms with Crippen LogP contribution < -0.4 is 16.3 Å². The molecule has 0 atom stereocenters. The van der Waals surface area contributed by atoms with Crippen molar-refractivity contribution in [1.82, 2.24) is 14.1 Å². The quantitative estimate of drug-likeness (QED) is 0.526. The van der Waals surface area contributed by atoms with Crippen LogP contribution in [0.25, 0.3) is 16.5 Å². The van der Waals surface area contributed by atoms with E-state index in [0.29, 0.717) is 29.7 Å². The summed E-state index contributed by atoms with van der Waals surface area (Å²) in [5, 5.41) is 2.42. The second-order valence-corrected chi connectivity index (χ2v) is 7.03. The van der Waals surface area contributed by atoms with Gasteiger partial charge in [0.15, 0.2) is 0 Å². The highest BCUT2D eigenvalue weighted by Gasteiger charge is 2.26. The molecule has 0 saturated carbocycles. The summed E-state index contributed by atoms with van der Waals surface area (Å²) in [5.41, 5.74) is 0.405. The lowest BCUT2D eigenvalue weighted by Gasteiger charge is -2.17. The summed E-state index contributed by atoms with van der Waals surface area (Å²) in [6, 6.07) is 20.5. The number of benzene rings is 3. The van der Waals surface area contributed by atoms with E-state index >= 15 is 0 Å². The Morgan fingerprint density at radius 3 is 2.43 bits per heavy atom. The summed E-state index contributed by atoms with van der Waals surface area (Å²) >= 11 is 5.96. The molecule has 0 saturated heterocycles. The van der Waals surface area contributed by atoms with Crippen LogP contribution in [-0.4, -0.2) is 20.7 Å². The smallest absolute Gasteiger partial charge is 0.310 e. The molecule has 4 aromatic rings. The molecule has 5 rings (SSSR count). The van der Waals surface area contributed by atoms with Gasteiger partial charge in [-0.15, -0.1) is 0 Å². The molecule has 0 bridgehead atoms. The standard InChI is InChI=1S/C21H15ClN4O2/c22-15-8-10-16(11-9-15)24-12-13-25-19(24)23-20(27)26(21(25)28)18-7-3-5-14-4-1-2-6-17(14)18/h1-11H,12-13H2. The second-order valence-electron chi connectivity index (χ2n) is 6.59. The third-order valence-corrected chi connectivity index (χ3v) is 5.24. The molecule has 3 aromatic carbocycles. The number of halogens is 1.